The molecule has 1 saturated heterocycles. The van der Waals surface area contributed by atoms with Gasteiger partial charge in [0.25, 0.3) is 0 Å². The van der Waals surface area contributed by atoms with Crippen LogP contribution in [0.1, 0.15) is 89.0 Å². The Morgan fingerprint density at radius 1 is 1.07 bits per heavy atom. The van der Waals surface area contributed by atoms with Crippen LogP contribution >= 0.6 is 0 Å². The first-order chi connectivity index (χ1) is 20.3. The van der Waals surface area contributed by atoms with Crippen LogP contribution in [0.15, 0.2) is 36.8 Å². The van der Waals surface area contributed by atoms with Crippen LogP contribution in [0.25, 0.3) is 0 Å². The maximum Gasteiger partial charge on any atom is 0.245 e. The molecule has 9 nitrogen and oxygen atoms in total. The summed E-state index contributed by atoms with van der Waals surface area (Å²) in [6.07, 6.45) is 11.6. The summed E-state index contributed by atoms with van der Waals surface area (Å²) >= 11 is 0. The molecule has 0 aliphatic carbocycles. The van der Waals surface area contributed by atoms with Gasteiger partial charge in [-0.15, -0.1) is 0 Å². The molecule has 0 saturated carbocycles. The largest absolute Gasteiger partial charge is 0.376 e. The maximum atomic E-state index is 14.1. The highest BCUT2D eigenvalue weighted by molar-refractivity contribution is 5.90. The molecule has 0 bridgehead atoms. The Morgan fingerprint density at radius 3 is 2.40 bits per heavy atom. The van der Waals surface area contributed by atoms with Crippen molar-refractivity contribution in [2.75, 3.05) is 20.6 Å². The number of likely N-dealkylation sites (tertiary alicyclic amines) is 1. The van der Waals surface area contributed by atoms with Crippen molar-refractivity contribution in [2.24, 2.45) is 0 Å². The number of aromatic amines is 1. The summed E-state index contributed by atoms with van der Waals surface area (Å²) < 4.78 is 0. The lowest BCUT2D eigenvalue weighted by Gasteiger charge is -2.40. The number of nitrogens with one attached hydrogen (secondary N) is 3. The van der Waals surface area contributed by atoms with Gasteiger partial charge >= 0.3 is 0 Å². The van der Waals surface area contributed by atoms with E-state index in [9.17, 15) is 14.7 Å². The first kappa shape index (κ1) is 33.7. The van der Waals surface area contributed by atoms with Gasteiger partial charge in [0.15, 0.2) is 0 Å². The van der Waals surface area contributed by atoms with Crippen LogP contribution in [-0.4, -0.2) is 87.7 Å². The minimum Gasteiger partial charge on any atom is -0.376 e. The Hall–Kier alpha value is -2.75. The lowest BCUT2D eigenvalue weighted by molar-refractivity contribution is -0.143. The zero-order valence-electron chi connectivity index (χ0n) is 26.4. The molecule has 1 aromatic carbocycles. The van der Waals surface area contributed by atoms with Gasteiger partial charge in [-0.2, -0.15) is 0 Å². The van der Waals surface area contributed by atoms with Gasteiger partial charge in [-0.1, -0.05) is 70.7 Å². The van der Waals surface area contributed by atoms with Gasteiger partial charge in [0, 0.05) is 30.9 Å². The highest BCUT2D eigenvalue weighted by atomic mass is 16.3. The molecule has 4 N–H and O–H groups in total. The van der Waals surface area contributed by atoms with E-state index in [-0.39, 0.29) is 29.9 Å². The molecule has 1 aliphatic rings. The highest BCUT2D eigenvalue weighted by Gasteiger charge is 2.36. The smallest absolute Gasteiger partial charge is 0.245 e. The molecule has 1 fully saturated rings. The maximum absolute atomic E-state index is 14.1. The molecule has 1 aliphatic heterocycles. The molecule has 5 unspecified atom stereocenters. The molecule has 42 heavy (non-hydrogen) atoms. The van der Waals surface area contributed by atoms with Gasteiger partial charge in [0.2, 0.25) is 11.8 Å². The van der Waals surface area contributed by atoms with Crippen LogP contribution in [0.3, 0.4) is 0 Å². The normalized spacial score (nSPS) is 19.2. The number of H-pyrrole nitrogens is 1. The van der Waals surface area contributed by atoms with E-state index in [1.165, 1.54) is 5.56 Å². The molecule has 0 radical (unpaired) electrons. The zero-order valence-corrected chi connectivity index (χ0v) is 26.4. The van der Waals surface area contributed by atoms with Crippen molar-refractivity contribution in [3.63, 3.8) is 0 Å². The Bertz CT molecular complexity index is 1060. The summed E-state index contributed by atoms with van der Waals surface area (Å²) in [5, 5.41) is 18.1. The van der Waals surface area contributed by atoms with Gasteiger partial charge in [-0.25, -0.2) is 4.98 Å². The summed E-state index contributed by atoms with van der Waals surface area (Å²) in [6, 6.07) is 7.10. The fourth-order valence-corrected chi connectivity index (χ4v) is 6.00. The summed E-state index contributed by atoms with van der Waals surface area (Å²) in [6.45, 7) is 6.92. The third-order valence-corrected chi connectivity index (χ3v) is 8.49. The van der Waals surface area contributed by atoms with Crippen LogP contribution in [0, 0.1) is 0 Å². The number of nitrogens with zero attached hydrogens (tertiary/aromatic N) is 3. The number of aromatic nitrogens is 2. The molecule has 2 heterocycles. The quantitative estimate of drug-likeness (QED) is 0.224. The Balaban J connectivity index is 1.74. The van der Waals surface area contributed by atoms with Crippen molar-refractivity contribution >= 4 is 11.8 Å². The fraction of sp³-hybridized carbons (Fsp3) is 0.667. The van der Waals surface area contributed by atoms with E-state index in [4.69, 9.17) is 0 Å². The molecule has 3 rings (SSSR count). The van der Waals surface area contributed by atoms with Crippen LogP contribution in [0.5, 0.6) is 0 Å². The van der Waals surface area contributed by atoms with Gasteiger partial charge in [-0.05, 0) is 63.7 Å². The summed E-state index contributed by atoms with van der Waals surface area (Å²) in [5.41, 5.74) is 3.38. The third-order valence-electron chi connectivity index (χ3n) is 8.49. The molecule has 5 atom stereocenters. The van der Waals surface area contributed by atoms with Crippen LogP contribution in [0.4, 0.5) is 0 Å². The molecule has 0 spiro atoms. The third kappa shape index (κ3) is 9.92. The topological polar surface area (TPSA) is 114 Å². The second-order valence-corrected chi connectivity index (χ2v) is 12.0. The Morgan fingerprint density at radius 2 is 1.79 bits per heavy atom. The number of aliphatic hydroxyl groups is 1. The lowest BCUT2D eigenvalue weighted by Crippen LogP contribution is -2.60. The number of benzene rings is 1. The predicted molar refractivity (Wildman–Crippen MR) is 168 cm³/mol. The number of aliphatic hydroxyl groups excluding tert-OH is 1. The highest BCUT2D eigenvalue weighted by Crippen LogP contribution is 2.21. The van der Waals surface area contributed by atoms with Gasteiger partial charge < -0.3 is 20.3 Å². The molecular formula is C33H54N6O3. The van der Waals surface area contributed by atoms with Crippen molar-refractivity contribution in [2.45, 2.75) is 122 Å². The van der Waals surface area contributed by atoms with Crippen molar-refractivity contribution in [1.29, 1.82) is 0 Å². The second kappa shape index (κ2) is 17.4. The summed E-state index contributed by atoms with van der Waals surface area (Å²) in [7, 11) is 3.82. The lowest BCUT2D eigenvalue weighted by atomic mass is 9.98. The van der Waals surface area contributed by atoms with E-state index in [1.807, 2.05) is 30.1 Å². The second-order valence-electron chi connectivity index (χ2n) is 12.0. The number of amides is 2. The Labute approximate surface area is 252 Å². The van der Waals surface area contributed by atoms with Gasteiger partial charge in [0.05, 0.1) is 18.4 Å². The number of carbonyl (C=O) groups excluding carboxylic acids is 2. The standard InChI is InChI=1S/C33H54N6O3/c1-6-12-26(21-27-22-34-23-35-27)36-31(40)29(13-7-2)39-19-11-9-10-14-28(33(39)42)37-32(41)30(38(4)5)20-25-17-15-24(8-3)16-18-25/h15-18,22-23,26,28-31,36,40H,6-14,19-21H2,1-5H3,(H,34,35)(H,37,41). The van der Waals surface area contributed by atoms with Gasteiger partial charge in [0.1, 0.15) is 12.3 Å². The van der Waals surface area contributed by atoms with Crippen LogP contribution in [0.2, 0.25) is 0 Å². The average molecular weight is 583 g/mol. The van der Waals surface area contributed by atoms with Crippen molar-refractivity contribution in [1.82, 2.24) is 30.4 Å². The zero-order chi connectivity index (χ0) is 30.5. The van der Waals surface area contributed by atoms with E-state index < -0.39 is 12.3 Å². The Kier molecular flexibility index (Phi) is 14.0. The van der Waals surface area contributed by atoms with E-state index in [0.717, 1.165) is 62.6 Å². The molecule has 2 aromatic rings. The van der Waals surface area contributed by atoms with E-state index in [2.05, 4.69) is 65.6 Å². The van der Waals surface area contributed by atoms with E-state index in [0.29, 0.717) is 25.8 Å². The average Bonchev–Trinajstić information content (AvgIpc) is 3.48. The van der Waals surface area contributed by atoms with Gasteiger partial charge in [-0.3, -0.25) is 19.8 Å². The number of carbonyl (C=O) groups is 2. The number of hydrogen-bond acceptors (Lipinski definition) is 6. The number of likely N-dealkylation sites (N-methyl/N-ethyl adjacent to an activating group) is 1. The van der Waals surface area contributed by atoms with Crippen molar-refractivity contribution < 1.29 is 14.7 Å². The summed E-state index contributed by atoms with van der Waals surface area (Å²) in [5.74, 6) is -0.223. The summed E-state index contributed by atoms with van der Waals surface area (Å²) in [4.78, 5) is 38.8. The molecule has 9 heteroatoms. The predicted octanol–water partition coefficient (Wildman–Crippen LogP) is 3.82. The van der Waals surface area contributed by atoms with Crippen molar-refractivity contribution in [3.8, 4) is 0 Å². The number of hydrogen-bond donors (Lipinski definition) is 4. The molecular weight excluding hydrogens is 528 g/mol. The molecule has 1 aromatic heterocycles. The number of imidazole rings is 1. The van der Waals surface area contributed by atoms with Crippen LogP contribution < -0.4 is 10.6 Å². The van der Waals surface area contributed by atoms with Crippen molar-refractivity contribution in [3.05, 3.63) is 53.6 Å². The molecule has 234 valence electrons. The SMILES string of the molecule is CCCC(Cc1cnc[nH]1)NC(O)C(CCC)N1CCCCCC(NC(=O)C(Cc2ccc(CC)cc2)N(C)C)C1=O. The first-order valence-electron chi connectivity index (χ1n) is 16.0. The van der Waals surface area contributed by atoms with E-state index >= 15 is 0 Å². The number of rotatable bonds is 16. The monoisotopic (exact) mass is 582 g/mol. The van der Waals surface area contributed by atoms with E-state index in [1.54, 1.807) is 6.33 Å². The fourth-order valence-electron chi connectivity index (χ4n) is 6.00. The first-order valence-corrected chi connectivity index (χ1v) is 16.0. The minimum absolute atomic E-state index is 0.0532. The van der Waals surface area contributed by atoms with Crippen LogP contribution in [-0.2, 0) is 28.9 Å². The minimum atomic E-state index is -0.871. The number of aryl methyl sites for hydroxylation is 1. The molecule has 2 amide bonds.